The van der Waals surface area contributed by atoms with Crippen LogP contribution in [0.1, 0.15) is 59.4 Å². The number of hydrogen-bond donors (Lipinski definition) is 0. The molecule has 0 N–H and O–H groups in total. The molecule has 6 heteroatoms. The number of esters is 1. The third kappa shape index (κ3) is 3.90. The maximum Gasteiger partial charge on any atom is 0.343 e. The average Bonchev–Trinajstić information content (AvgIpc) is 2.98. The summed E-state index contributed by atoms with van der Waals surface area (Å²) in [6, 6.07) is 11.4. The lowest BCUT2D eigenvalue weighted by Crippen LogP contribution is -2.31. The number of Topliss-reactive ketones (excluding diaryl/α,β-unsaturated/α-hetero) is 1. The largest absolute Gasteiger partial charge is 0.422 e. The Balaban J connectivity index is 1.59. The van der Waals surface area contributed by atoms with E-state index in [0.29, 0.717) is 23.6 Å². The predicted octanol–water partition coefficient (Wildman–Crippen LogP) is 4.34. The molecule has 4 rings (SSSR count). The number of rotatable bonds is 4. The highest BCUT2D eigenvalue weighted by Crippen LogP contribution is 2.42. The van der Waals surface area contributed by atoms with Gasteiger partial charge in [0, 0.05) is 0 Å². The first-order valence-electron chi connectivity index (χ1n) is 10.6. The lowest BCUT2D eigenvalue weighted by molar-refractivity contribution is -0.122. The number of benzene rings is 2. The van der Waals surface area contributed by atoms with Crippen LogP contribution in [0.25, 0.3) is 0 Å². The minimum atomic E-state index is -0.654. The van der Waals surface area contributed by atoms with Crippen LogP contribution in [0.4, 0.5) is 5.69 Å². The second kappa shape index (κ2) is 8.10. The lowest BCUT2D eigenvalue weighted by Gasteiger charge is -2.25. The van der Waals surface area contributed by atoms with E-state index in [-0.39, 0.29) is 40.7 Å². The molecule has 0 unspecified atom stereocenters. The summed E-state index contributed by atoms with van der Waals surface area (Å²) in [4.78, 5) is 51.8. The monoisotopic (exact) mass is 419 g/mol. The van der Waals surface area contributed by atoms with E-state index in [1.807, 2.05) is 6.92 Å². The molecule has 1 saturated carbocycles. The van der Waals surface area contributed by atoms with Gasteiger partial charge in [0.1, 0.15) is 5.75 Å². The maximum atomic E-state index is 13.0. The van der Waals surface area contributed by atoms with Gasteiger partial charge in [-0.05, 0) is 69.4 Å². The molecule has 1 saturated heterocycles. The molecule has 2 aromatic carbocycles. The van der Waals surface area contributed by atoms with Gasteiger partial charge in [-0.2, -0.15) is 0 Å². The number of carbonyl (C=O) groups is 4. The molecule has 0 bridgehead atoms. The Kier molecular flexibility index (Phi) is 5.48. The Morgan fingerprint density at radius 2 is 1.74 bits per heavy atom. The highest BCUT2D eigenvalue weighted by molar-refractivity contribution is 6.22. The molecule has 1 aliphatic carbocycles. The molecular weight excluding hydrogens is 394 g/mol. The topological polar surface area (TPSA) is 80.8 Å². The van der Waals surface area contributed by atoms with Crippen molar-refractivity contribution in [2.45, 2.75) is 40.0 Å². The molecule has 0 aromatic heterocycles. The van der Waals surface area contributed by atoms with Crippen molar-refractivity contribution in [3.05, 3.63) is 59.2 Å². The molecule has 2 aromatic rings. The average molecular weight is 419 g/mol. The number of ether oxygens (including phenoxy) is 1. The van der Waals surface area contributed by atoms with Crippen molar-refractivity contribution in [1.82, 2.24) is 0 Å². The van der Waals surface area contributed by atoms with Gasteiger partial charge in [0.05, 0.1) is 28.7 Å². The summed E-state index contributed by atoms with van der Waals surface area (Å²) >= 11 is 0. The highest BCUT2D eigenvalue weighted by atomic mass is 16.5. The summed E-state index contributed by atoms with van der Waals surface area (Å²) in [7, 11) is 0. The number of fused-ring (bicyclic) bond motifs is 1. The van der Waals surface area contributed by atoms with E-state index in [0.717, 1.165) is 18.4 Å². The van der Waals surface area contributed by atoms with Crippen LogP contribution in [0.2, 0.25) is 0 Å². The minimum Gasteiger partial charge on any atom is -0.422 e. The molecule has 1 heterocycles. The molecule has 2 amide bonds. The fourth-order valence-corrected chi connectivity index (χ4v) is 4.58. The van der Waals surface area contributed by atoms with Crippen LogP contribution in [0.15, 0.2) is 42.5 Å². The molecule has 1 aliphatic heterocycles. The molecular formula is C25H25NO5. The number of hydrogen-bond acceptors (Lipinski definition) is 5. The third-order valence-electron chi connectivity index (χ3n) is 6.24. The Morgan fingerprint density at radius 3 is 2.48 bits per heavy atom. The Morgan fingerprint density at radius 1 is 1.00 bits per heavy atom. The Labute approximate surface area is 181 Å². The fraction of sp³-hybridized carbons (Fsp3) is 0.360. The molecule has 2 fully saturated rings. The molecule has 6 nitrogen and oxygen atoms in total. The van der Waals surface area contributed by atoms with Crippen molar-refractivity contribution in [2.75, 3.05) is 4.90 Å². The van der Waals surface area contributed by atoms with Gasteiger partial charge in [-0.1, -0.05) is 24.6 Å². The van der Waals surface area contributed by atoms with E-state index in [1.165, 1.54) is 17.9 Å². The van der Waals surface area contributed by atoms with Crippen LogP contribution < -0.4 is 9.64 Å². The van der Waals surface area contributed by atoms with E-state index in [9.17, 15) is 19.2 Å². The number of nitrogens with zero attached hydrogens (tertiary/aromatic N) is 1. The number of amides is 2. The predicted molar refractivity (Wildman–Crippen MR) is 115 cm³/mol. The van der Waals surface area contributed by atoms with Crippen LogP contribution in [-0.4, -0.2) is 23.6 Å². The molecule has 160 valence electrons. The quantitative estimate of drug-likeness (QED) is 0.319. The van der Waals surface area contributed by atoms with E-state index in [2.05, 4.69) is 6.92 Å². The van der Waals surface area contributed by atoms with E-state index in [4.69, 9.17) is 4.74 Å². The van der Waals surface area contributed by atoms with Crippen LogP contribution in [0.5, 0.6) is 5.75 Å². The number of imide groups is 1. The van der Waals surface area contributed by atoms with Gasteiger partial charge in [-0.15, -0.1) is 0 Å². The van der Waals surface area contributed by atoms with Crippen molar-refractivity contribution >= 4 is 29.3 Å². The maximum absolute atomic E-state index is 13.0. The summed E-state index contributed by atoms with van der Waals surface area (Å²) in [6.07, 6.45) is 2.38. The lowest BCUT2D eigenvalue weighted by atomic mass is 9.76. The molecule has 2 aliphatic rings. The van der Waals surface area contributed by atoms with Crippen molar-refractivity contribution < 1.29 is 23.9 Å². The normalized spacial score (nSPS) is 22.9. The Bertz CT molecular complexity index is 1090. The summed E-state index contributed by atoms with van der Waals surface area (Å²) < 4.78 is 5.48. The van der Waals surface area contributed by atoms with Crippen LogP contribution in [0.3, 0.4) is 0 Å². The SMILES string of the molecule is CC(=O)c1cc(C)ccc1OC(=O)c1cccc(N2C(=O)[C@@H]3CC[C@H](C)C[C@H]3C2=O)c1. The van der Waals surface area contributed by atoms with Gasteiger partial charge in [-0.3, -0.25) is 19.3 Å². The molecule has 3 atom stereocenters. The fourth-order valence-electron chi connectivity index (χ4n) is 4.58. The molecule has 0 spiro atoms. The summed E-state index contributed by atoms with van der Waals surface area (Å²) in [5.41, 5.74) is 1.79. The zero-order valence-corrected chi connectivity index (χ0v) is 17.9. The first-order valence-corrected chi connectivity index (χ1v) is 10.6. The zero-order valence-electron chi connectivity index (χ0n) is 17.9. The summed E-state index contributed by atoms with van der Waals surface area (Å²) in [6.45, 7) is 5.37. The number of ketones is 1. The van der Waals surface area contributed by atoms with E-state index in [1.54, 1.807) is 36.4 Å². The molecule has 0 radical (unpaired) electrons. The number of aryl methyl sites for hydroxylation is 1. The second-order valence-electron chi connectivity index (χ2n) is 8.64. The molecule has 31 heavy (non-hydrogen) atoms. The third-order valence-corrected chi connectivity index (χ3v) is 6.24. The van der Waals surface area contributed by atoms with E-state index < -0.39 is 5.97 Å². The smallest absolute Gasteiger partial charge is 0.343 e. The van der Waals surface area contributed by atoms with Gasteiger partial charge in [0.2, 0.25) is 11.8 Å². The standard InChI is InChI=1S/C25H25NO5/c1-14-7-9-19-21(12-14)24(29)26(23(19)28)18-6-4-5-17(13-18)25(30)31-22-10-8-15(2)11-20(22)16(3)27/h4-6,8,10-11,13-14,19,21H,7,9,12H2,1-3H3/t14-,19+,21+/m0/s1. The number of carbonyl (C=O) groups excluding carboxylic acids is 4. The van der Waals surface area contributed by atoms with Gasteiger partial charge < -0.3 is 4.74 Å². The van der Waals surface area contributed by atoms with Gasteiger partial charge >= 0.3 is 5.97 Å². The minimum absolute atomic E-state index is 0.182. The summed E-state index contributed by atoms with van der Waals surface area (Å²) in [5.74, 6) is -1.19. The van der Waals surface area contributed by atoms with Crippen molar-refractivity contribution in [2.24, 2.45) is 17.8 Å². The highest BCUT2D eigenvalue weighted by Gasteiger charge is 2.50. The zero-order chi connectivity index (χ0) is 22.3. The van der Waals surface area contributed by atoms with Crippen molar-refractivity contribution in [3.63, 3.8) is 0 Å². The van der Waals surface area contributed by atoms with Gasteiger partial charge in [0.25, 0.3) is 0 Å². The number of anilines is 1. The van der Waals surface area contributed by atoms with Gasteiger partial charge in [0.15, 0.2) is 5.78 Å². The van der Waals surface area contributed by atoms with Crippen LogP contribution in [-0.2, 0) is 9.59 Å². The van der Waals surface area contributed by atoms with Crippen LogP contribution >= 0.6 is 0 Å². The van der Waals surface area contributed by atoms with Crippen molar-refractivity contribution in [1.29, 1.82) is 0 Å². The second-order valence-corrected chi connectivity index (χ2v) is 8.64. The van der Waals surface area contributed by atoms with E-state index >= 15 is 0 Å². The Hall–Kier alpha value is -3.28. The van der Waals surface area contributed by atoms with Gasteiger partial charge in [-0.25, -0.2) is 4.79 Å². The first-order chi connectivity index (χ1) is 14.8. The summed E-state index contributed by atoms with van der Waals surface area (Å²) in [5, 5.41) is 0. The van der Waals surface area contributed by atoms with Crippen molar-refractivity contribution in [3.8, 4) is 5.75 Å². The first kappa shape index (κ1) is 21.0. The van der Waals surface area contributed by atoms with Crippen LogP contribution in [0, 0.1) is 24.7 Å².